The Kier molecular flexibility index (Phi) is 6.63. The lowest BCUT2D eigenvalue weighted by atomic mass is 9.97. The van der Waals surface area contributed by atoms with Crippen LogP contribution in [0.15, 0.2) is 60.7 Å². The normalized spacial score (nSPS) is 14.0. The van der Waals surface area contributed by atoms with Crippen LogP contribution in [-0.4, -0.2) is 22.7 Å². The van der Waals surface area contributed by atoms with E-state index >= 15 is 0 Å². The third-order valence-electron chi connectivity index (χ3n) is 4.41. The van der Waals surface area contributed by atoms with Crippen LogP contribution in [0.3, 0.4) is 0 Å². The number of aliphatic hydroxyl groups excluding tert-OH is 1. The summed E-state index contributed by atoms with van der Waals surface area (Å²) < 4.78 is 0. The van der Waals surface area contributed by atoms with E-state index in [0.29, 0.717) is 5.92 Å². The fourth-order valence-corrected chi connectivity index (χ4v) is 2.85. The minimum Gasteiger partial charge on any atom is -0.395 e. The van der Waals surface area contributed by atoms with Crippen LogP contribution in [0.1, 0.15) is 31.4 Å². The minimum absolute atomic E-state index is 0.186. The Morgan fingerprint density at radius 1 is 0.864 bits per heavy atom. The van der Waals surface area contributed by atoms with E-state index in [1.54, 1.807) is 0 Å². The zero-order chi connectivity index (χ0) is 15.8. The molecule has 0 saturated heterocycles. The molecule has 0 bridgehead atoms. The molecule has 2 heteroatoms. The molecule has 2 nitrogen and oxygen atoms in total. The maximum absolute atomic E-state index is 9.91. The topological polar surface area (TPSA) is 23.5 Å². The van der Waals surface area contributed by atoms with Crippen LogP contribution in [-0.2, 0) is 13.1 Å². The van der Waals surface area contributed by atoms with E-state index in [4.69, 9.17) is 0 Å². The van der Waals surface area contributed by atoms with Gasteiger partial charge in [0.05, 0.1) is 6.61 Å². The van der Waals surface area contributed by atoms with E-state index < -0.39 is 0 Å². The highest BCUT2D eigenvalue weighted by Gasteiger charge is 2.23. The molecule has 0 fully saturated rings. The van der Waals surface area contributed by atoms with Gasteiger partial charge in [0.25, 0.3) is 0 Å². The van der Waals surface area contributed by atoms with Gasteiger partial charge >= 0.3 is 0 Å². The fourth-order valence-electron chi connectivity index (χ4n) is 2.85. The van der Waals surface area contributed by atoms with Crippen molar-refractivity contribution in [1.82, 2.24) is 4.90 Å². The second-order valence-corrected chi connectivity index (χ2v) is 6.01. The van der Waals surface area contributed by atoms with Gasteiger partial charge in [0.15, 0.2) is 0 Å². The molecular weight excluding hydrogens is 270 g/mol. The molecule has 0 aliphatic rings. The highest BCUT2D eigenvalue weighted by Crippen LogP contribution is 2.20. The van der Waals surface area contributed by atoms with E-state index in [-0.39, 0.29) is 12.6 Å². The van der Waals surface area contributed by atoms with Crippen molar-refractivity contribution < 1.29 is 5.11 Å². The molecule has 2 rings (SSSR count). The van der Waals surface area contributed by atoms with Gasteiger partial charge in [-0.25, -0.2) is 0 Å². The van der Waals surface area contributed by atoms with Gasteiger partial charge in [-0.15, -0.1) is 0 Å². The fraction of sp³-hybridized carbons (Fsp3) is 0.400. The Balaban J connectivity index is 2.19. The second kappa shape index (κ2) is 8.72. The Bertz CT molecular complexity index is 484. The molecule has 2 aromatic rings. The zero-order valence-electron chi connectivity index (χ0n) is 13.7. The van der Waals surface area contributed by atoms with Gasteiger partial charge in [-0.3, -0.25) is 4.90 Å². The summed E-state index contributed by atoms with van der Waals surface area (Å²) in [4.78, 5) is 2.40. The van der Waals surface area contributed by atoms with Crippen molar-refractivity contribution >= 4 is 0 Å². The summed E-state index contributed by atoms with van der Waals surface area (Å²) in [6, 6.07) is 21.2. The van der Waals surface area contributed by atoms with Gasteiger partial charge in [0, 0.05) is 19.1 Å². The smallest absolute Gasteiger partial charge is 0.0589 e. The summed E-state index contributed by atoms with van der Waals surface area (Å²) in [5.74, 6) is 0.470. The van der Waals surface area contributed by atoms with Gasteiger partial charge in [-0.2, -0.15) is 0 Å². The number of benzene rings is 2. The molecule has 1 N–H and O–H groups in total. The summed E-state index contributed by atoms with van der Waals surface area (Å²) in [5.41, 5.74) is 2.58. The molecule has 2 aromatic carbocycles. The molecule has 0 unspecified atom stereocenters. The third-order valence-corrected chi connectivity index (χ3v) is 4.41. The Morgan fingerprint density at radius 2 is 1.32 bits per heavy atom. The van der Waals surface area contributed by atoms with Crippen LogP contribution in [0.5, 0.6) is 0 Å². The first-order chi connectivity index (χ1) is 10.7. The molecule has 0 aliphatic carbocycles. The Hall–Kier alpha value is -1.64. The standard InChI is InChI=1S/C20H27NO/c1-3-17(2)20(16-22)21(14-18-10-6-4-7-11-18)15-19-12-8-5-9-13-19/h4-13,17,20,22H,3,14-16H2,1-2H3/t17-,20+/m0/s1. The van der Waals surface area contributed by atoms with Crippen LogP contribution in [0.4, 0.5) is 0 Å². The first-order valence-corrected chi connectivity index (χ1v) is 8.17. The van der Waals surface area contributed by atoms with Gasteiger partial charge in [0.1, 0.15) is 0 Å². The largest absolute Gasteiger partial charge is 0.395 e. The zero-order valence-corrected chi connectivity index (χ0v) is 13.7. The van der Waals surface area contributed by atoms with Crippen LogP contribution in [0, 0.1) is 5.92 Å². The molecule has 0 spiro atoms. The van der Waals surface area contributed by atoms with Crippen molar-refractivity contribution in [2.24, 2.45) is 5.92 Å². The maximum atomic E-state index is 9.91. The number of hydrogen-bond donors (Lipinski definition) is 1. The minimum atomic E-state index is 0.186. The van der Waals surface area contributed by atoms with Crippen LogP contribution >= 0.6 is 0 Å². The average molecular weight is 297 g/mol. The highest BCUT2D eigenvalue weighted by molar-refractivity contribution is 5.17. The van der Waals surface area contributed by atoms with Crippen molar-refractivity contribution in [3.8, 4) is 0 Å². The molecule has 0 heterocycles. The van der Waals surface area contributed by atoms with Gasteiger partial charge < -0.3 is 5.11 Å². The van der Waals surface area contributed by atoms with Crippen molar-refractivity contribution in [3.05, 3.63) is 71.8 Å². The predicted octanol–water partition coefficient (Wildman–Crippen LogP) is 4.10. The average Bonchev–Trinajstić information content (AvgIpc) is 2.57. The van der Waals surface area contributed by atoms with E-state index in [1.807, 2.05) is 12.1 Å². The number of aliphatic hydroxyl groups is 1. The lowest BCUT2D eigenvalue weighted by Crippen LogP contribution is -2.41. The molecule has 0 saturated carbocycles. The SMILES string of the molecule is CC[C@H](C)[C@@H](CO)N(Cc1ccccc1)Cc1ccccc1. The van der Waals surface area contributed by atoms with E-state index in [1.165, 1.54) is 11.1 Å². The molecule has 0 amide bonds. The molecule has 0 radical (unpaired) electrons. The van der Waals surface area contributed by atoms with Crippen LogP contribution in [0.25, 0.3) is 0 Å². The van der Waals surface area contributed by atoms with E-state index in [9.17, 15) is 5.11 Å². The van der Waals surface area contributed by atoms with Crippen LogP contribution < -0.4 is 0 Å². The molecule has 0 aliphatic heterocycles. The van der Waals surface area contributed by atoms with E-state index in [2.05, 4.69) is 67.3 Å². The van der Waals surface area contributed by atoms with Gasteiger partial charge in [-0.05, 0) is 17.0 Å². The van der Waals surface area contributed by atoms with Crippen molar-refractivity contribution in [3.63, 3.8) is 0 Å². The summed E-state index contributed by atoms with van der Waals surface area (Å²) in [7, 11) is 0. The molecule has 118 valence electrons. The monoisotopic (exact) mass is 297 g/mol. The Morgan fingerprint density at radius 3 is 1.68 bits per heavy atom. The number of rotatable bonds is 8. The molecule has 0 aromatic heterocycles. The maximum Gasteiger partial charge on any atom is 0.0589 e. The molecule has 22 heavy (non-hydrogen) atoms. The van der Waals surface area contributed by atoms with Gasteiger partial charge in [-0.1, -0.05) is 80.9 Å². The summed E-state index contributed by atoms with van der Waals surface area (Å²) in [6.07, 6.45) is 1.07. The van der Waals surface area contributed by atoms with Crippen molar-refractivity contribution in [2.45, 2.75) is 39.4 Å². The molecular formula is C20H27NO. The summed E-state index contributed by atoms with van der Waals surface area (Å²) >= 11 is 0. The number of hydrogen-bond acceptors (Lipinski definition) is 2. The first kappa shape index (κ1) is 16.7. The quantitative estimate of drug-likeness (QED) is 0.793. The van der Waals surface area contributed by atoms with Crippen molar-refractivity contribution in [2.75, 3.05) is 6.61 Å². The predicted molar refractivity (Wildman–Crippen MR) is 92.5 cm³/mol. The van der Waals surface area contributed by atoms with Crippen LogP contribution in [0.2, 0.25) is 0 Å². The lowest BCUT2D eigenvalue weighted by Gasteiger charge is -2.34. The van der Waals surface area contributed by atoms with Crippen molar-refractivity contribution in [1.29, 1.82) is 0 Å². The third kappa shape index (κ3) is 4.69. The highest BCUT2D eigenvalue weighted by atomic mass is 16.3. The second-order valence-electron chi connectivity index (χ2n) is 6.01. The Labute approximate surface area is 134 Å². The first-order valence-electron chi connectivity index (χ1n) is 8.17. The lowest BCUT2D eigenvalue weighted by molar-refractivity contribution is 0.0716. The molecule has 2 atom stereocenters. The summed E-state index contributed by atoms with van der Waals surface area (Å²) in [5, 5.41) is 9.91. The summed E-state index contributed by atoms with van der Waals surface area (Å²) in [6.45, 7) is 6.35. The van der Waals surface area contributed by atoms with E-state index in [0.717, 1.165) is 19.5 Å². The number of nitrogens with zero attached hydrogens (tertiary/aromatic N) is 1. The van der Waals surface area contributed by atoms with Gasteiger partial charge in [0.2, 0.25) is 0 Å².